The fourth-order valence-corrected chi connectivity index (χ4v) is 3.14. The summed E-state index contributed by atoms with van der Waals surface area (Å²) in [6.07, 6.45) is -0.999. The molecule has 0 spiro atoms. The zero-order valence-corrected chi connectivity index (χ0v) is 11.6. The Balaban J connectivity index is 1.82. The van der Waals surface area contributed by atoms with Gasteiger partial charge < -0.3 is 5.32 Å². The monoisotopic (exact) mass is 307 g/mol. The maximum absolute atomic E-state index is 12.2. The molecular formula is C12H16F3N3OS. The summed E-state index contributed by atoms with van der Waals surface area (Å²) in [5.41, 5.74) is 0.357. The minimum Gasteiger partial charge on any atom is -0.352 e. The van der Waals surface area contributed by atoms with Crippen molar-refractivity contribution in [3.05, 3.63) is 18.0 Å². The Labute approximate surface area is 119 Å². The average Bonchev–Trinajstić information content (AvgIpc) is 2.75. The number of hydrogen-bond acceptors (Lipinski definition) is 3. The Kier molecular flexibility index (Phi) is 4.95. The van der Waals surface area contributed by atoms with E-state index in [4.69, 9.17) is 0 Å². The molecule has 1 N–H and O–H groups in total. The Bertz CT molecular complexity index is 455. The van der Waals surface area contributed by atoms with E-state index < -0.39 is 12.7 Å². The summed E-state index contributed by atoms with van der Waals surface area (Å²) >= 11 is 1.80. The number of alkyl halides is 3. The van der Waals surface area contributed by atoms with E-state index in [2.05, 4.69) is 10.4 Å². The molecule has 0 radical (unpaired) electrons. The van der Waals surface area contributed by atoms with Crippen molar-refractivity contribution in [2.24, 2.45) is 0 Å². The van der Waals surface area contributed by atoms with Crippen molar-refractivity contribution in [3.63, 3.8) is 0 Å². The summed E-state index contributed by atoms with van der Waals surface area (Å²) in [7, 11) is 0. The first kappa shape index (κ1) is 15.2. The molecule has 0 saturated carbocycles. The molecule has 8 heteroatoms. The highest BCUT2D eigenvalue weighted by molar-refractivity contribution is 7.99. The first-order valence-electron chi connectivity index (χ1n) is 6.38. The quantitative estimate of drug-likeness (QED) is 0.925. The molecular weight excluding hydrogens is 291 g/mol. The molecule has 0 aromatic carbocycles. The number of rotatable bonds is 4. The highest BCUT2D eigenvalue weighted by atomic mass is 32.2. The van der Waals surface area contributed by atoms with E-state index in [0.717, 1.165) is 29.0 Å². The van der Waals surface area contributed by atoms with Crippen LogP contribution in [0.1, 0.15) is 18.5 Å². The van der Waals surface area contributed by atoms with Crippen LogP contribution in [0.3, 0.4) is 0 Å². The van der Waals surface area contributed by atoms with E-state index in [0.29, 0.717) is 5.69 Å². The second-order valence-corrected chi connectivity index (χ2v) is 5.93. The summed E-state index contributed by atoms with van der Waals surface area (Å²) in [6, 6.07) is 1.61. The predicted octanol–water partition coefficient (Wildman–Crippen LogP) is 2.00. The zero-order valence-electron chi connectivity index (χ0n) is 10.8. The number of carbonyl (C=O) groups is 1. The molecule has 1 saturated heterocycles. The standard InChI is InChI=1S/C12H16F3N3OS/c13-12(14,15)8-18-4-3-9(17-18)6-11(19)16-10-2-1-5-20-7-10/h3-4,10H,1-2,5-8H2,(H,16,19). The van der Waals surface area contributed by atoms with Crippen molar-refractivity contribution in [1.82, 2.24) is 15.1 Å². The molecule has 1 aromatic heterocycles. The summed E-state index contributed by atoms with van der Waals surface area (Å²) in [5, 5.41) is 6.65. The van der Waals surface area contributed by atoms with E-state index in [1.165, 1.54) is 12.3 Å². The highest BCUT2D eigenvalue weighted by Crippen LogP contribution is 2.18. The number of hydrogen-bond donors (Lipinski definition) is 1. The average molecular weight is 307 g/mol. The summed E-state index contributed by atoms with van der Waals surface area (Å²) in [4.78, 5) is 11.8. The zero-order chi connectivity index (χ0) is 14.6. The number of halogens is 3. The Morgan fingerprint density at radius 3 is 3.00 bits per heavy atom. The van der Waals surface area contributed by atoms with Crippen molar-refractivity contribution in [3.8, 4) is 0 Å². The normalized spacial score (nSPS) is 19.9. The molecule has 1 atom stereocenters. The van der Waals surface area contributed by atoms with E-state index in [1.807, 2.05) is 0 Å². The number of amides is 1. The van der Waals surface area contributed by atoms with Gasteiger partial charge in [0.15, 0.2) is 0 Å². The van der Waals surface area contributed by atoms with Gasteiger partial charge in [0.25, 0.3) is 0 Å². The van der Waals surface area contributed by atoms with Gasteiger partial charge in [-0.2, -0.15) is 30.0 Å². The molecule has 4 nitrogen and oxygen atoms in total. The lowest BCUT2D eigenvalue weighted by molar-refractivity contribution is -0.142. The van der Waals surface area contributed by atoms with Gasteiger partial charge in [0, 0.05) is 18.0 Å². The lowest BCUT2D eigenvalue weighted by Crippen LogP contribution is -2.39. The minimum atomic E-state index is -4.30. The van der Waals surface area contributed by atoms with Crippen LogP contribution in [0.15, 0.2) is 12.3 Å². The molecule has 20 heavy (non-hydrogen) atoms. The third-order valence-electron chi connectivity index (χ3n) is 2.90. The Morgan fingerprint density at radius 1 is 1.55 bits per heavy atom. The van der Waals surface area contributed by atoms with E-state index in [9.17, 15) is 18.0 Å². The highest BCUT2D eigenvalue weighted by Gasteiger charge is 2.28. The van der Waals surface area contributed by atoms with Crippen molar-refractivity contribution >= 4 is 17.7 Å². The lowest BCUT2D eigenvalue weighted by Gasteiger charge is -2.22. The fourth-order valence-electron chi connectivity index (χ4n) is 2.07. The van der Waals surface area contributed by atoms with Crippen molar-refractivity contribution in [1.29, 1.82) is 0 Å². The van der Waals surface area contributed by atoms with Crippen LogP contribution in [0, 0.1) is 0 Å². The van der Waals surface area contributed by atoms with Gasteiger partial charge in [-0.15, -0.1) is 0 Å². The maximum atomic E-state index is 12.2. The largest absolute Gasteiger partial charge is 0.408 e. The fraction of sp³-hybridized carbons (Fsp3) is 0.667. The van der Waals surface area contributed by atoms with Gasteiger partial charge in [-0.05, 0) is 24.7 Å². The second-order valence-electron chi connectivity index (χ2n) is 4.78. The third-order valence-corrected chi connectivity index (χ3v) is 4.12. The van der Waals surface area contributed by atoms with Crippen molar-refractivity contribution < 1.29 is 18.0 Å². The van der Waals surface area contributed by atoms with E-state index >= 15 is 0 Å². The van der Waals surface area contributed by atoms with Crippen LogP contribution in [-0.2, 0) is 17.8 Å². The summed E-state index contributed by atoms with van der Waals surface area (Å²) in [5.74, 6) is 1.83. The number of aromatic nitrogens is 2. The van der Waals surface area contributed by atoms with Crippen LogP contribution in [0.25, 0.3) is 0 Å². The Hall–Kier alpha value is -1.18. The van der Waals surface area contributed by atoms with Crippen molar-refractivity contribution in [2.75, 3.05) is 11.5 Å². The van der Waals surface area contributed by atoms with Gasteiger partial charge in [-0.1, -0.05) is 0 Å². The molecule has 2 heterocycles. The molecule has 1 unspecified atom stereocenters. The predicted molar refractivity (Wildman–Crippen MR) is 70.5 cm³/mol. The van der Waals surface area contributed by atoms with Crippen molar-refractivity contribution in [2.45, 2.75) is 38.0 Å². The lowest BCUT2D eigenvalue weighted by atomic mass is 10.2. The molecule has 0 bridgehead atoms. The molecule has 112 valence electrons. The first-order valence-corrected chi connectivity index (χ1v) is 7.54. The number of nitrogens with one attached hydrogen (secondary N) is 1. The number of nitrogens with zero attached hydrogens (tertiary/aromatic N) is 2. The first-order chi connectivity index (χ1) is 9.42. The van der Waals surface area contributed by atoms with Gasteiger partial charge in [-0.25, -0.2) is 0 Å². The van der Waals surface area contributed by atoms with Crippen LogP contribution in [0.2, 0.25) is 0 Å². The van der Waals surface area contributed by atoms with Crippen LogP contribution >= 0.6 is 11.8 Å². The number of thioether (sulfide) groups is 1. The SMILES string of the molecule is O=C(Cc1ccn(CC(F)(F)F)n1)NC1CCCSC1. The molecule has 1 aromatic rings. The molecule has 1 aliphatic heterocycles. The smallest absolute Gasteiger partial charge is 0.352 e. The second kappa shape index (κ2) is 6.51. The molecule has 1 fully saturated rings. The van der Waals surface area contributed by atoms with Gasteiger partial charge in [0.1, 0.15) is 6.54 Å². The Morgan fingerprint density at radius 2 is 2.35 bits per heavy atom. The summed E-state index contributed by atoms with van der Waals surface area (Å²) in [6.45, 7) is -1.13. The third kappa shape index (κ3) is 5.07. The molecule has 0 aliphatic carbocycles. The van der Waals surface area contributed by atoms with Crippen LogP contribution in [0.4, 0.5) is 13.2 Å². The minimum absolute atomic E-state index is 0.0199. The summed E-state index contributed by atoms with van der Waals surface area (Å²) < 4.78 is 37.3. The number of carbonyl (C=O) groups excluding carboxylic acids is 1. The van der Waals surface area contributed by atoms with Crippen LogP contribution in [0.5, 0.6) is 0 Å². The topological polar surface area (TPSA) is 46.9 Å². The van der Waals surface area contributed by atoms with Crippen LogP contribution in [-0.4, -0.2) is 39.4 Å². The van der Waals surface area contributed by atoms with Gasteiger partial charge in [-0.3, -0.25) is 9.48 Å². The maximum Gasteiger partial charge on any atom is 0.408 e. The van der Waals surface area contributed by atoms with Gasteiger partial charge in [0.05, 0.1) is 12.1 Å². The van der Waals surface area contributed by atoms with Gasteiger partial charge in [0.2, 0.25) is 5.91 Å². The van der Waals surface area contributed by atoms with Crippen LogP contribution < -0.4 is 5.32 Å². The molecule has 2 rings (SSSR count). The van der Waals surface area contributed by atoms with Gasteiger partial charge >= 0.3 is 6.18 Å². The molecule has 1 amide bonds. The molecule has 1 aliphatic rings. The van der Waals surface area contributed by atoms with E-state index in [1.54, 1.807) is 11.8 Å². The van der Waals surface area contributed by atoms with E-state index in [-0.39, 0.29) is 18.4 Å².